The molecule has 0 aliphatic carbocycles. The first-order valence-electron chi connectivity index (χ1n) is 5.62. The molecule has 0 aliphatic rings. The quantitative estimate of drug-likeness (QED) is 0.833. The van der Waals surface area contributed by atoms with E-state index < -0.39 is 5.97 Å². The van der Waals surface area contributed by atoms with Crippen molar-refractivity contribution < 1.29 is 14.6 Å². The molecule has 0 atom stereocenters. The van der Waals surface area contributed by atoms with Gasteiger partial charge < -0.3 is 15.2 Å². The van der Waals surface area contributed by atoms with Crippen LogP contribution in [0.5, 0.6) is 0 Å². The van der Waals surface area contributed by atoms with E-state index >= 15 is 0 Å². The first kappa shape index (κ1) is 14.7. The Labute approximate surface area is 111 Å². The third kappa shape index (κ3) is 4.16. The predicted octanol–water partition coefficient (Wildman–Crippen LogP) is 2.66. The summed E-state index contributed by atoms with van der Waals surface area (Å²) in [7, 11) is 0. The Hall–Kier alpha value is -1.33. The van der Waals surface area contributed by atoms with Gasteiger partial charge in [-0.15, -0.1) is 0 Å². The van der Waals surface area contributed by atoms with Gasteiger partial charge in [-0.3, -0.25) is 0 Å². The molecule has 0 amide bonds. The SMILES string of the molecule is CCOC(C)(C)CNc1cc(C(=O)O)c(Cl)cn1. The third-order valence-corrected chi connectivity index (χ3v) is 2.62. The second kappa shape index (κ2) is 6.02. The maximum absolute atomic E-state index is 10.9. The highest BCUT2D eigenvalue weighted by Gasteiger charge is 2.18. The van der Waals surface area contributed by atoms with Gasteiger partial charge in [-0.05, 0) is 26.8 Å². The molecule has 1 aromatic heterocycles. The van der Waals surface area contributed by atoms with Gasteiger partial charge >= 0.3 is 5.97 Å². The molecule has 0 aliphatic heterocycles. The molecule has 0 radical (unpaired) electrons. The fourth-order valence-electron chi connectivity index (χ4n) is 1.44. The van der Waals surface area contributed by atoms with Gasteiger partial charge in [0.15, 0.2) is 0 Å². The molecule has 18 heavy (non-hydrogen) atoms. The van der Waals surface area contributed by atoms with Gasteiger partial charge in [0.25, 0.3) is 0 Å². The molecule has 1 aromatic rings. The summed E-state index contributed by atoms with van der Waals surface area (Å²) in [4.78, 5) is 14.9. The molecular weight excluding hydrogens is 256 g/mol. The van der Waals surface area contributed by atoms with E-state index in [-0.39, 0.29) is 16.2 Å². The summed E-state index contributed by atoms with van der Waals surface area (Å²) in [5.74, 6) is -0.612. The van der Waals surface area contributed by atoms with E-state index in [2.05, 4.69) is 10.3 Å². The summed E-state index contributed by atoms with van der Waals surface area (Å²) >= 11 is 5.74. The van der Waals surface area contributed by atoms with Crippen molar-refractivity contribution in [3.8, 4) is 0 Å². The van der Waals surface area contributed by atoms with Crippen molar-refractivity contribution in [1.82, 2.24) is 4.98 Å². The molecule has 0 unspecified atom stereocenters. The number of anilines is 1. The van der Waals surface area contributed by atoms with Crippen LogP contribution in [0.3, 0.4) is 0 Å². The van der Waals surface area contributed by atoms with Crippen LogP contribution in [-0.2, 0) is 4.74 Å². The molecule has 1 rings (SSSR count). The maximum Gasteiger partial charge on any atom is 0.337 e. The van der Waals surface area contributed by atoms with Crippen LogP contribution >= 0.6 is 11.6 Å². The van der Waals surface area contributed by atoms with Crippen molar-refractivity contribution in [1.29, 1.82) is 0 Å². The van der Waals surface area contributed by atoms with Crippen molar-refractivity contribution in [2.75, 3.05) is 18.5 Å². The van der Waals surface area contributed by atoms with Crippen molar-refractivity contribution in [2.45, 2.75) is 26.4 Å². The maximum atomic E-state index is 10.9. The van der Waals surface area contributed by atoms with Crippen LogP contribution in [0.15, 0.2) is 12.3 Å². The van der Waals surface area contributed by atoms with Crippen molar-refractivity contribution in [3.05, 3.63) is 22.8 Å². The highest BCUT2D eigenvalue weighted by molar-refractivity contribution is 6.33. The highest BCUT2D eigenvalue weighted by atomic mass is 35.5. The first-order valence-corrected chi connectivity index (χ1v) is 6.00. The van der Waals surface area contributed by atoms with Gasteiger partial charge in [-0.2, -0.15) is 0 Å². The lowest BCUT2D eigenvalue weighted by Crippen LogP contribution is -2.33. The van der Waals surface area contributed by atoms with Crippen LogP contribution in [0, 0.1) is 0 Å². The van der Waals surface area contributed by atoms with Crippen LogP contribution in [0.4, 0.5) is 5.82 Å². The smallest absolute Gasteiger partial charge is 0.337 e. The van der Waals surface area contributed by atoms with Crippen LogP contribution in [0.1, 0.15) is 31.1 Å². The summed E-state index contributed by atoms with van der Waals surface area (Å²) in [6, 6.07) is 1.41. The molecule has 5 nitrogen and oxygen atoms in total. The fraction of sp³-hybridized carbons (Fsp3) is 0.500. The molecule has 0 saturated heterocycles. The number of nitrogens with one attached hydrogen (secondary N) is 1. The second-order valence-corrected chi connectivity index (χ2v) is 4.81. The number of aromatic carboxylic acids is 1. The number of ether oxygens (including phenoxy) is 1. The number of carboxylic acid groups (broad SMARTS) is 1. The lowest BCUT2D eigenvalue weighted by atomic mass is 10.1. The molecule has 0 bridgehead atoms. The minimum atomic E-state index is -1.07. The second-order valence-electron chi connectivity index (χ2n) is 4.40. The number of carbonyl (C=O) groups is 1. The lowest BCUT2D eigenvalue weighted by molar-refractivity contribution is 0.000641. The molecule has 0 aromatic carbocycles. The van der Waals surface area contributed by atoms with E-state index in [0.717, 1.165) is 0 Å². The summed E-state index contributed by atoms with van der Waals surface area (Å²) in [5, 5.41) is 12.1. The molecule has 0 saturated carbocycles. The average Bonchev–Trinajstić information content (AvgIpc) is 2.27. The van der Waals surface area contributed by atoms with Gasteiger partial charge in [0, 0.05) is 19.3 Å². The molecular formula is C12H17ClN2O3. The predicted molar refractivity (Wildman–Crippen MR) is 70.4 cm³/mol. The Morgan fingerprint density at radius 1 is 1.61 bits per heavy atom. The zero-order valence-electron chi connectivity index (χ0n) is 10.7. The zero-order chi connectivity index (χ0) is 13.8. The number of hydrogen-bond donors (Lipinski definition) is 2. The Balaban J connectivity index is 2.74. The summed E-state index contributed by atoms with van der Waals surface area (Å²) < 4.78 is 5.52. The number of pyridine rings is 1. The van der Waals surface area contributed by atoms with Crippen molar-refractivity contribution in [2.24, 2.45) is 0 Å². The molecule has 1 heterocycles. The Morgan fingerprint density at radius 3 is 2.83 bits per heavy atom. The number of halogens is 1. The van der Waals surface area contributed by atoms with Gasteiger partial charge in [0.2, 0.25) is 0 Å². The molecule has 0 spiro atoms. The summed E-state index contributed by atoms with van der Waals surface area (Å²) in [5.41, 5.74) is -0.317. The normalized spacial score (nSPS) is 11.3. The van der Waals surface area contributed by atoms with E-state index in [1.165, 1.54) is 12.3 Å². The number of aromatic nitrogens is 1. The number of rotatable bonds is 6. The first-order chi connectivity index (χ1) is 8.35. The summed E-state index contributed by atoms with van der Waals surface area (Å²) in [6.07, 6.45) is 1.32. The number of carboxylic acids is 1. The largest absolute Gasteiger partial charge is 0.478 e. The molecule has 100 valence electrons. The Kier molecular flexibility index (Phi) is 4.93. The van der Waals surface area contributed by atoms with Gasteiger partial charge in [0.05, 0.1) is 16.2 Å². The molecule has 2 N–H and O–H groups in total. The molecule has 6 heteroatoms. The molecule has 0 fully saturated rings. The van der Waals surface area contributed by atoms with E-state index in [1.807, 2.05) is 20.8 Å². The van der Waals surface area contributed by atoms with Gasteiger partial charge in [-0.1, -0.05) is 11.6 Å². The minimum absolute atomic E-state index is 0.0309. The Morgan fingerprint density at radius 2 is 2.28 bits per heavy atom. The number of nitrogens with zero attached hydrogens (tertiary/aromatic N) is 1. The average molecular weight is 273 g/mol. The standard InChI is InChI=1S/C12H17ClN2O3/c1-4-18-12(2,3)7-15-10-5-8(11(16)17)9(13)6-14-10/h5-6H,4,7H2,1-3H3,(H,14,15)(H,16,17). The zero-order valence-corrected chi connectivity index (χ0v) is 11.4. The third-order valence-electron chi connectivity index (χ3n) is 2.32. The van der Waals surface area contributed by atoms with E-state index in [9.17, 15) is 4.79 Å². The van der Waals surface area contributed by atoms with Crippen LogP contribution in [-0.4, -0.2) is 34.8 Å². The Bertz CT molecular complexity index is 435. The lowest BCUT2D eigenvalue weighted by Gasteiger charge is -2.25. The highest BCUT2D eigenvalue weighted by Crippen LogP contribution is 2.19. The van der Waals surface area contributed by atoms with E-state index in [1.54, 1.807) is 0 Å². The van der Waals surface area contributed by atoms with Crippen molar-refractivity contribution in [3.63, 3.8) is 0 Å². The minimum Gasteiger partial charge on any atom is -0.478 e. The summed E-state index contributed by atoms with van der Waals surface area (Å²) in [6.45, 7) is 6.94. The van der Waals surface area contributed by atoms with Crippen LogP contribution in [0.25, 0.3) is 0 Å². The van der Waals surface area contributed by atoms with E-state index in [4.69, 9.17) is 21.4 Å². The van der Waals surface area contributed by atoms with Crippen LogP contribution in [0.2, 0.25) is 5.02 Å². The number of hydrogen-bond acceptors (Lipinski definition) is 4. The van der Waals surface area contributed by atoms with E-state index in [0.29, 0.717) is 19.0 Å². The van der Waals surface area contributed by atoms with Crippen LogP contribution < -0.4 is 5.32 Å². The van der Waals surface area contributed by atoms with Gasteiger partial charge in [0.1, 0.15) is 5.82 Å². The topological polar surface area (TPSA) is 71.5 Å². The monoisotopic (exact) mass is 272 g/mol. The van der Waals surface area contributed by atoms with Gasteiger partial charge in [-0.25, -0.2) is 9.78 Å². The fourth-order valence-corrected chi connectivity index (χ4v) is 1.63. The van der Waals surface area contributed by atoms with Crippen molar-refractivity contribution >= 4 is 23.4 Å².